The van der Waals surface area contributed by atoms with Crippen molar-refractivity contribution in [2.75, 3.05) is 23.0 Å². The Kier molecular flexibility index (Phi) is 6.59. The Hall–Kier alpha value is -3.86. The van der Waals surface area contributed by atoms with Gasteiger partial charge in [0, 0.05) is 12.2 Å². The molecule has 1 heterocycles. The van der Waals surface area contributed by atoms with E-state index in [9.17, 15) is 9.59 Å². The SMILES string of the molecule is CCCOc1ccc(C2=C(N(CC)c3ccccc3)C(=O)N(c3ccccc3C)C2=O)cc1. The van der Waals surface area contributed by atoms with Crippen LogP contribution in [0.15, 0.2) is 84.6 Å². The molecule has 0 aromatic heterocycles. The molecule has 0 atom stereocenters. The summed E-state index contributed by atoms with van der Waals surface area (Å²) in [5, 5.41) is 0. The predicted molar refractivity (Wildman–Crippen MR) is 132 cm³/mol. The van der Waals surface area contributed by atoms with E-state index in [0.29, 0.717) is 35.7 Å². The zero-order chi connectivity index (χ0) is 23.4. The topological polar surface area (TPSA) is 49.9 Å². The molecule has 168 valence electrons. The number of likely N-dealkylation sites (N-methyl/N-ethyl adjacent to an activating group) is 1. The van der Waals surface area contributed by atoms with E-state index in [1.807, 2.05) is 97.6 Å². The molecule has 0 saturated carbocycles. The first-order valence-electron chi connectivity index (χ1n) is 11.3. The van der Waals surface area contributed by atoms with Gasteiger partial charge >= 0.3 is 0 Å². The largest absolute Gasteiger partial charge is 0.494 e. The highest BCUT2D eigenvalue weighted by atomic mass is 16.5. The summed E-state index contributed by atoms with van der Waals surface area (Å²) in [6.07, 6.45) is 0.915. The Bertz CT molecular complexity index is 1180. The molecule has 33 heavy (non-hydrogen) atoms. The summed E-state index contributed by atoms with van der Waals surface area (Å²) in [4.78, 5) is 30.8. The molecule has 3 aromatic rings. The third kappa shape index (κ3) is 4.27. The van der Waals surface area contributed by atoms with Crippen LogP contribution in [0.4, 0.5) is 11.4 Å². The molecule has 5 heteroatoms. The summed E-state index contributed by atoms with van der Waals surface area (Å²) in [6.45, 7) is 7.11. The van der Waals surface area contributed by atoms with E-state index in [2.05, 4.69) is 6.92 Å². The number of imide groups is 1. The molecule has 1 aliphatic rings. The van der Waals surface area contributed by atoms with Gasteiger partial charge in [-0.25, -0.2) is 4.90 Å². The van der Waals surface area contributed by atoms with Crippen LogP contribution in [-0.4, -0.2) is 25.0 Å². The van der Waals surface area contributed by atoms with Gasteiger partial charge in [-0.15, -0.1) is 0 Å². The van der Waals surface area contributed by atoms with Gasteiger partial charge in [-0.3, -0.25) is 9.59 Å². The van der Waals surface area contributed by atoms with Gasteiger partial charge in [0.2, 0.25) is 0 Å². The molecular weight excluding hydrogens is 412 g/mol. The maximum Gasteiger partial charge on any atom is 0.282 e. The van der Waals surface area contributed by atoms with Gasteiger partial charge in [-0.1, -0.05) is 55.5 Å². The number of hydrogen-bond donors (Lipinski definition) is 0. The molecule has 1 aliphatic heterocycles. The highest BCUT2D eigenvalue weighted by molar-refractivity contribution is 6.46. The summed E-state index contributed by atoms with van der Waals surface area (Å²) in [5.41, 5.74) is 3.81. The predicted octanol–water partition coefficient (Wildman–Crippen LogP) is 5.59. The monoisotopic (exact) mass is 440 g/mol. The number of benzene rings is 3. The van der Waals surface area contributed by atoms with Crippen LogP contribution in [-0.2, 0) is 9.59 Å². The van der Waals surface area contributed by atoms with E-state index in [1.54, 1.807) is 0 Å². The fraction of sp³-hybridized carbons (Fsp3) is 0.214. The first-order valence-corrected chi connectivity index (χ1v) is 11.3. The average molecular weight is 441 g/mol. The number of aryl methyl sites for hydroxylation is 1. The van der Waals surface area contributed by atoms with Crippen molar-refractivity contribution in [2.45, 2.75) is 27.2 Å². The first-order chi connectivity index (χ1) is 16.1. The lowest BCUT2D eigenvalue weighted by Gasteiger charge is -2.25. The highest BCUT2D eigenvalue weighted by Gasteiger charge is 2.43. The Labute approximate surface area is 194 Å². The minimum Gasteiger partial charge on any atom is -0.494 e. The lowest BCUT2D eigenvalue weighted by Crippen LogP contribution is -2.35. The van der Waals surface area contributed by atoms with Crippen molar-refractivity contribution in [3.05, 3.63) is 95.7 Å². The number of carbonyl (C=O) groups excluding carboxylic acids is 2. The normalized spacial score (nSPS) is 13.6. The number of carbonyl (C=O) groups is 2. The molecule has 2 amide bonds. The van der Waals surface area contributed by atoms with Crippen LogP contribution >= 0.6 is 0 Å². The molecule has 4 rings (SSSR count). The molecule has 0 radical (unpaired) electrons. The van der Waals surface area contributed by atoms with E-state index in [1.165, 1.54) is 4.90 Å². The minimum atomic E-state index is -0.319. The third-order valence-electron chi connectivity index (χ3n) is 5.69. The van der Waals surface area contributed by atoms with Gasteiger partial charge < -0.3 is 9.64 Å². The van der Waals surface area contributed by atoms with Crippen molar-refractivity contribution in [1.82, 2.24) is 0 Å². The number of nitrogens with zero attached hydrogens (tertiary/aromatic N) is 2. The molecule has 0 spiro atoms. The molecule has 0 fully saturated rings. The van der Waals surface area contributed by atoms with E-state index in [0.717, 1.165) is 23.4 Å². The van der Waals surface area contributed by atoms with E-state index in [4.69, 9.17) is 4.74 Å². The van der Waals surface area contributed by atoms with Crippen molar-refractivity contribution >= 4 is 28.8 Å². The molecule has 0 N–H and O–H groups in total. The van der Waals surface area contributed by atoms with Gasteiger partial charge in [0.15, 0.2) is 0 Å². The van der Waals surface area contributed by atoms with Crippen LogP contribution in [0.25, 0.3) is 5.57 Å². The van der Waals surface area contributed by atoms with Crippen molar-refractivity contribution in [1.29, 1.82) is 0 Å². The zero-order valence-electron chi connectivity index (χ0n) is 19.2. The van der Waals surface area contributed by atoms with Crippen LogP contribution in [0.5, 0.6) is 5.75 Å². The van der Waals surface area contributed by atoms with Crippen LogP contribution < -0.4 is 14.5 Å². The minimum absolute atomic E-state index is 0.318. The number of amides is 2. The second-order valence-electron chi connectivity index (χ2n) is 7.91. The lowest BCUT2D eigenvalue weighted by molar-refractivity contribution is -0.120. The number of rotatable bonds is 8. The second-order valence-corrected chi connectivity index (χ2v) is 7.91. The van der Waals surface area contributed by atoms with E-state index in [-0.39, 0.29) is 11.8 Å². The summed E-state index contributed by atoms with van der Waals surface area (Å²) in [5.74, 6) is 0.105. The van der Waals surface area contributed by atoms with Crippen LogP contribution in [0, 0.1) is 6.92 Å². The molecule has 0 unspecified atom stereocenters. The average Bonchev–Trinajstić information content (AvgIpc) is 3.09. The molecule has 0 aliphatic carbocycles. The van der Waals surface area contributed by atoms with Crippen LogP contribution in [0.2, 0.25) is 0 Å². The quantitative estimate of drug-likeness (QED) is 0.428. The second kappa shape index (κ2) is 9.74. The summed E-state index contributed by atoms with van der Waals surface area (Å²) in [6, 6.07) is 24.6. The number of hydrogen-bond acceptors (Lipinski definition) is 4. The fourth-order valence-corrected chi connectivity index (χ4v) is 4.08. The first kappa shape index (κ1) is 22.3. The van der Waals surface area contributed by atoms with Gasteiger partial charge in [0.25, 0.3) is 11.8 Å². The molecule has 0 bridgehead atoms. The lowest BCUT2D eigenvalue weighted by atomic mass is 10.0. The van der Waals surface area contributed by atoms with Crippen molar-refractivity contribution in [3.63, 3.8) is 0 Å². The Morgan fingerprint density at radius 3 is 2.12 bits per heavy atom. The van der Waals surface area contributed by atoms with Crippen molar-refractivity contribution in [3.8, 4) is 5.75 Å². The highest BCUT2D eigenvalue weighted by Crippen LogP contribution is 2.38. The zero-order valence-corrected chi connectivity index (χ0v) is 19.2. The number of ether oxygens (including phenoxy) is 1. The molecule has 0 saturated heterocycles. The molecular formula is C28H28N2O3. The Morgan fingerprint density at radius 2 is 1.48 bits per heavy atom. The maximum absolute atomic E-state index is 13.8. The fourth-order valence-electron chi connectivity index (χ4n) is 4.08. The van der Waals surface area contributed by atoms with E-state index < -0.39 is 0 Å². The van der Waals surface area contributed by atoms with Gasteiger partial charge in [0.1, 0.15) is 11.4 Å². The van der Waals surface area contributed by atoms with Crippen LogP contribution in [0.3, 0.4) is 0 Å². The van der Waals surface area contributed by atoms with Crippen molar-refractivity contribution < 1.29 is 14.3 Å². The summed E-state index contributed by atoms with van der Waals surface area (Å²) in [7, 11) is 0. The Morgan fingerprint density at radius 1 is 0.818 bits per heavy atom. The smallest absolute Gasteiger partial charge is 0.282 e. The van der Waals surface area contributed by atoms with Gasteiger partial charge in [-0.05, 0) is 61.7 Å². The number of anilines is 2. The summed E-state index contributed by atoms with van der Waals surface area (Å²) >= 11 is 0. The van der Waals surface area contributed by atoms with Gasteiger partial charge in [-0.2, -0.15) is 0 Å². The van der Waals surface area contributed by atoms with E-state index >= 15 is 0 Å². The number of para-hydroxylation sites is 2. The van der Waals surface area contributed by atoms with Crippen molar-refractivity contribution in [2.24, 2.45) is 0 Å². The third-order valence-corrected chi connectivity index (χ3v) is 5.69. The molecule has 5 nitrogen and oxygen atoms in total. The Balaban J connectivity index is 1.85. The standard InChI is InChI=1S/C28H28N2O3/c1-4-19-33-23-17-15-21(16-18-23)25-26(29(5-2)22-12-7-6-8-13-22)28(32)30(27(25)31)24-14-10-9-11-20(24)3/h6-18H,4-5,19H2,1-3H3. The van der Waals surface area contributed by atoms with Gasteiger partial charge in [0.05, 0.1) is 17.9 Å². The maximum atomic E-state index is 13.8. The molecule has 3 aromatic carbocycles. The van der Waals surface area contributed by atoms with Crippen LogP contribution in [0.1, 0.15) is 31.4 Å². The summed E-state index contributed by atoms with van der Waals surface area (Å²) < 4.78 is 5.70.